The van der Waals surface area contributed by atoms with E-state index in [0.717, 1.165) is 11.3 Å². The molecule has 0 N–H and O–H groups in total. The maximum absolute atomic E-state index is 13.3. The molecular weight excluding hydrogens is 445 g/mol. The van der Waals surface area contributed by atoms with Crippen molar-refractivity contribution in [3.05, 3.63) is 81.0 Å². The van der Waals surface area contributed by atoms with Gasteiger partial charge in [0.1, 0.15) is 12.5 Å². The van der Waals surface area contributed by atoms with Gasteiger partial charge in [-0.05, 0) is 42.0 Å². The Labute approximate surface area is 198 Å². The van der Waals surface area contributed by atoms with E-state index in [2.05, 4.69) is 13.8 Å². The summed E-state index contributed by atoms with van der Waals surface area (Å²) in [6, 6.07) is 14.7. The molecule has 2 atom stereocenters. The lowest BCUT2D eigenvalue weighted by atomic mass is 9.67. The van der Waals surface area contributed by atoms with Crippen LogP contribution in [0.15, 0.2) is 64.8 Å². The van der Waals surface area contributed by atoms with Gasteiger partial charge in [0.25, 0.3) is 0 Å². The van der Waals surface area contributed by atoms with Crippen LogP contribution in [0.5, 0.6) is 0 Å². The van der Waals surface area contributed by atoms with Crippen molar-refractivity contribution < 1.29 is 14.3 Å². The molecule has 0 radical (unpaired) electrons. The minimum Gasteiger partial charge on any atom is -0.460 e. The SMILES string of the molecule is CC1=NC2=C(C(=O)CC(C)(C)C2)[C@@H](c2ccc(Cl)cc2Cl)C1C(=O)OCc1ccccc1. The van der Waals surface area contributed by atoms with Crippen molar-refractivity contribution in [3.8, 4) is 0 Å². The van der Waals surface area contributed by atoms with Crippen LogP contribution >= 0.6 is 23.2 Å². The molecule has 0 fully saturated rings. The molecule has 4 nitrogen and oxygen atoms in total. The highest BCUT2D eigenvalue weighted by atomic mass is 35.5. The molecule has 6 heteroatoms. The number of hydrogen-bond acceptors (Lipinski definition) is 4. The lowest BCUT2D eigenvalue weighted by molar-refractivity contribution is -0.148. The molecule has 1 heterocycles. The first-order valence-corrected chi connectivity index (χ1v) is 11.4. The minimum absolute atomic E-state index is 0.00405. The van der Waals surface area contributed by atoms with Crippen LogP contribution in [-0.2, 0) is 20.9 Å². The number of nitrogens with zero attached hydrogens (tertiary/aromatic N) is 1. The smallest absolute Gasteiger partial charge is 0.315 e. The quantitative estimate of drug-likeness (QED) is 0.476. The number of carbonyl (C=O) groups is 2. The van der Waals surface area contributed by atoms with E-state index in [9.17, 15) is 9.59 Å². The summed E-state index contributed by atoms with van der Waals surface area (Å²) in [6.07, 6.45) is 1.06. The van der Waals surface area contributed by atoms with Gasteiger partial charge in [0.2, 0.25) is 0 Å². The minimum atomic E-state index is -0.735. The first kappa shape index (κ1) is 22.8. The van der Waals surface area contributed by atoms with Crippen LogP contribution in [0.1, 0.15) is 50.7 Å². The Hall–Kier alpha value is -2.43. The molecule has 0 amide bonds. The van der Waals surface area contributed by atoms with Crippen LogP contribution in [0.4, 0.5) is 0 Å². The highest BCUT2D eigenvalue weighted by Crippen LogP contribution is 2.49. The predicted molar refractivity (Wildman–Crippen MR) is 127 cm³/mol. The topological polar surface area (TPSA) is 55.7 Å². The second-order valence-corrected chi connectivity index (χ2v) is 10.1. The fourth-order valence-electron chi connectivity index (χ4n) is 4.66. The lowest BCUT2D eigenvalue weighted by Gasteiger charge is -2.39. The lowest BCUT2D eigenvalue weighted by Crippen LogP contribution is -2.39. The van der Waals surface area contributed by atoms with E-state index < -0.39 is 17.8 Å². The van der Waals surface area contributed by atoms with Crippen molar-refractivity contribution in [1.29, 1.82) is 0 Å². The van der Waals surface area contributed by atoms with E-state index in [-0.39, 0.29) is 17.8 Å². The van der Waals surface area contributed by atoms with Crippen molar-refractivity contribution >= 4 is 40.7 Å². The van der Waals surface area contributed by atoms with E-state index in [4.69, 9.17) is 32.9 Å². The molecule has 166 valence electrons. The van der Waals surface area contributed by atoms with E-state index in [1.165, 1.54) is 0 Å². The summed E-state index contributed by atoms with van der Waals surface area (Å²) < 4.78 is 5.69. The average Bonchev–Trinajstić information content (AvgIpc) is 2.71. The number of aliphatic imine (C=N–C) groups is 1. The summed E-state index contributed by atoms with van der Waals surface area (Å²) in [5.41, 5.74) is 3.33. The van der Waals surface area contributed by atoms with E-state index >= 15 is 0 Å². The largest absolute Gasteiger partial charge is 0.460 e. The van der Waals surface area contributed by atoms with Gasteiger partial charge in [-0.1, -0.05) is 73.4 Å². The fraction of sp³-hybridized carbons (Fsp3) is 0.346. The van der Waals surface area contributed by atoms with Gasteiger partial charge in [-0.15, -0.1) is 0 Å². The average molecular weight is 470 g/mol. The molecule has 2 aromatic carbocycles. The Morgan fingerprint density at radius 2 is 1.84 bits per heavy atom. The van der Waals surface area contributed by atoms with Crippen LogP contribution in [-0.4, -0.2) is 17.5 Å². The van der Waals surface area contributed by atoms with Gasteiger partial charge >= 0.3 is 5.97 Å². The number of rotatable bonds is 4. The molecule has 0 bridgehead atoms. The molecule has 0 spiro atoms. The summed E-state index contributed by atoms with van der Waals surface area (Å²) in [7, 11) is 0. The van der Waals surface area contributed by atoms with E-state index in [1.54, 1.807) is 18.2 Å². The molecular formula is C26H25Cl2NO3. The number of ether oxygens (including phenoxy) is 1. The molecule has 1 aliphatic heterocycles. The number of Topliss-reactive ketones (excluding diaryl/α,β-unsaturated/α-hetero) is 1. The summed E-state index contributed by atoms with van der Waals surface area (Å²) in [5.74, 6) is -1.71. The van der Waals surface area contributed by atoms with Gasteiger partial charge in [0.15, 0.2) is 5.78 Å². The van der Waals surface area contributed by atoms with Gasteiger partial charge in [0.05, 0.1) is 0 Å². The molecule has 2 aliphatic rings. The molecule has 0 aromatic heterocycles. The fourth-order valence-corrected chi connectivity index (χ4v) is 5.18. The van der Waals surface area contributed by atoms with Crippen LogP contribution in [0.25, 0.3) is 0 Å². The van der Waals surface area contributed by atoms with Gasteiger partial charge < -0.3 is 4.74 Å². The van der Waals surface area contributed by atoms with Crippen molar-refractivity contribution in [2.75, 3.05) is 0 Å². The van der Waals surface area contributed by atoms with Crippen LogP contribution in [0.3, 0.4) is 0 Å². The summed E-state index contributed by atoms with van der Waals surface area (Å²) in [4.78, 5) is 31.4. The standard InChI is InChI=1S/C26H25Cl2NO3/c1-15-22(25(31)32-14-16-7-5-4-6-8-16)23(18-10-9-17(27)11-19(18)28)24-20(29-15)12-26(2,3)13-21(24)30/h4-11,22-23H,12-14H2,1-3H3/t22?,23-/m0/s1. The zero-order valence-corrected chi connectivity index (χ0v) is 19.8. The number of carbonyl (C=O) groups excluding carboxylic acids is 2. The first-order valence-electron chi connectivity index (χ1n) is 10.6. The number of esters is 1. The van der Waals surface area contributed by atoms with Crippen molar-refractivity contribution in [3.63, 3.8) is 0 Å². The third kappa shape index (κ3) is 4.53. The molecule has 2 aromatic rings. The number of hydrogen-bond donors (Lipinski definition) is 0. The number of benzene rings is 2. The molecule has 1 aliphatic carbocycles. The van der Waals surface area contributed by atoms with Crippen molar-refractivity contribution in [1.82, 2.24) is 0 Å². The maximum atomic E-state index is 13.3. The Bertz CT molecular complexity index is 1140. The highest BCUT2D eigenvalue weighted by Gasteiger charge is 2.46. The Balaban J connectivity index is 1.76. The maximum Gasteiger partial charge on any atom is 0.315 e. The summed E-state index contributed by atoms with van der Waals surface area (Å²) >= 11 is 12.7. The van der Waals surface area contributed by atoms with Gasteiger partial charge in [-0.3, -0.25) is 14.6 Å². The number of allylic oxidation sites excluding steroid dienone is 2. The number of halogens is 2. The Morgan fingerprint density at radius 3 is 2.53 bits per heavy atom. The number of ketones is 1. The molecule has 0 saturated heterocycles. The normalized spacial score (nSPS) is 22.3. The van der Waals surface area contributed by atoms with Gasteiger partial charge in [0, 0.05) is 39.4 Å². The Morgan fingerprint density at radius 1 is 1.12 bits per heavy atom. The summed E-state index contributed by atoms with van der Waals surface area (Å²) in [5, 5.41) is 0.913. The second-order valence-electron chi connectivity index (χ2n) is 9.27. The van der Waals surface area contributed by atoms with Crippen LogP contribution in [0, 0.1) is 11.3 Å². The Kier molecular flexibility index (Phi) is 6.28. The molecule has 0 saturated carbocycles. The molecule has 4 rings (SSSR count). The van der Waals surface area contributed by atoms with Crippen LogP contribution in [0.2, 0.25) is 10.0 Å². The third-order valence-corrected chi connectivity index (χ3v) is 6.64. The zero-order chi connectivity index (χ0) is 23.0. The molecule has 1 unspecified atom stereocenters. The van der Waals surface area contributed by atoms with E-state index in [1.807, 2.05) is 37.3 Å². The second kappa shape index (κ2) is 8.84. The highest BCUT2D eigenvalue weighted by molar-refractivity contribution is 6.35. The first-order chi connectivity index (χ1) is 15.2. The van der Waals surface area contributed by atoms with Gasteiger partial charge in [-0.2, -0.15) is 0 Å². The van der Waals surface area contributed by atoms with Gasteiger partial charge in [-0.25, -0.2) is 0 Å². The van der Waals surface area contributed by atoms with E-state index in [0.29, 0.717) is 39.7 Å². The van der Waals surface area contributed by atoms with Crippen molar-refractivity contribution in [2.24, 2.45) is 16.3 Å². The van der Waals surface area contributed by atoms with Crippen LogP contribution < -0.4 is 0 Å². The zero-order valence-electron chi connectivity index (χ0n) is 18.3. The molecule has 32 heavy (non-hydrogen) atoms. The monoisotopic (exact) mass is 469 g/mol. The predicted octanol–water partition coefficient (Wildman–Crippen LogP) is 6.55. The summed E-state index contributed by atoms with van der Waals surface area (Å²) in [6.45, 7) is 6.09. The van der Waals surface area contributed by atoms with Crippen molar-refractivity contribution in [2.45, 2.75) is 46.1 Å². The third-order valence-electron chi connectivity index (χ3n) is 6.08.